The Bertz CT molecular complexity index is 522. The van der Waals surface area contributed by atoms with Crippen molar-refractivity contribution in [1.29, 1.82) is 0 Å². The molecule has 0 atom stereocenters. The standard InChI is InChI=1S/C10H5ClF3NO/c11-6-4-5-15-7-2-1-3-8(9(6)7)16-10(12,13)14/h1-5H. The molecule has 0 N–H and O–H groups in total. The van der Waals surface area contributed by atoms with Crippen molar-refractivity contribution in [2.24, 2.45) is 0 Å². The zero-order chi connectivity index (χ0) is 11.8. The van der Waals surface area contributed by atoms with Crippen molar-refractivity contribution in [2.75, 3.05) is 0 Å². The van der Waals surface area contributed by atoms with Gasteiger partial charge in [-0.3, -0.25) is 4.98 Å². The number of ether oxygens (including phenoxy) is 1. The number of nitrogens with zero attached hydrogens (tertiary/aromatic N) is 1. The second kappa shape index (κ2) is 3.83. The number of aromatic nitrogens is 1. The largest absolute Gasteiger partial charge is 0.573 e. The first-order valence-electron chi connectivity index (χ1n) is 4.26. The lowest BCUT2D eigenvalue weighted by Crippen LogP contribution is -2.17. The zero-order valence-electron chi connectivity index (χ0n) is 7.75. The number of halogens is 4. The van der Waals surface area contributed by atoms with Crippen LogP contribution in [0.5, 0.6) is 5.75 Å². The smallest absolute Gasteiger partial charge is 0.405 e. The average molecular weight is 248 g/mol. The molecule has 0 amide bonds. The molecule has 0 aliphatic heterocycles. The van der Waals surface area contributed by atoms with Crippen molar-refractivity contribution >= 4 is 22.5 Å². The van der Waals surface area contributed by atoms with Gasteiger partial charge in [-0.1, -0.05) is 17.7 Å². The van der Waals surface area contributed by atoms with Crippen LogP contribution in [0.4, 0.5) is 13.2 Å². The number of hydrogen-bond acceptors (Lipinski definition) is 2. The van der Waals surface area contributed by atoms with Crippen molar-refractivity contribution in [3.05, 3.63) is 35.5 Å². The van der Waals surface area contributed by atoms with E-state index in [2.05, 4.69) is 9.72 Å². The van der Waals surface area contributed by atoms with Crippen LogP contribution in [0.15, 0.2) is 30.5 Å². The quantitative estimate of drug-likeness (QED) is 0.765. The van der Waals surface area contributed by atoms with Gasteiger partial charge < -0.3 is 4.74 Å². The highest BCUT2D eigenvalue weighted by molar-refractivity contribution is 6.35. The Labute approximate surface area is 93.6 Å². The molecule has 0 fully saturated rings. The van der Waals surface area contributed by atoms with Gasteiger partial charge >= 0.3 is 6.36 Å². The van der Waals surface area contributed by atoms with Crippen LogP contribution in [0.3, 0.4) is 0 Å². The Balaban J connectivity index is 2.61. The van der Waals surface area contributed by atoms with E-state index < -0.39 is 6.36 Å². The fraction of sp³-hybridized carbons (Fsp3) is 0.100. The average Bonchev–Trinajstić information content (AvgIpc) is 2.15. The molecular weight excluding hydrogens is 243 g/mol. The number of hydrogen-bond donors (Lipinski definition) is 0. The van der Waals surface area contributed by atoms with Crippen LogP contribution < -0.4 is 4.74 Å². The van der Waals surface area contributed by atoms with Crippen molar-refractivity contribution in [3.63, 3.8) is 0 Å². The summed E-state index contributed by atoms with van der Waals surface area (Å²) < 4.78 is 40.2. The number of alkyl halides is 3. The van der Waals surface area contributed by atoms with Crippen molar-refractivity contribution in [1.82, 2.24) is 4.98 Å². The molecule has 0 aliphatic rings. The third kappa shape index (κ3) is 2.19. The number of fused-ring (bicyclic) bond motifs is 1. The summed E-state index contributed by atoms with van der Waals surface area (Å²) in [5.41, 5.74) is 0.356. The molecule has 0 radical (unpaired) electrons. The van der Waals surface area contributed by atoms with Gasteiger partial charge in [0.05, 0.1) is 15.9 Å². The molecule has 0 bridgehead atoms. The molecule has 1 aromatic heterocycles. The van der Waals surface area contributed by atoms with Crippen LogP contribution in [0.1, 0.15) is 0 Å². The summed E-state index contributed by atoms with van der Waals surface area (Å²) in [5.74, 6) is -0.344. The summed E-state index contributed by atoms with van der Waals surface area (Å²) in [6.45, 7) is 0. The highest BCUT2D eigenvalue weighted by Crippen LogP contribution is 2.33. The van der Waals surface area contributed by atoms with Crippen LogP contribution in [0.2, 0.25) is 5.02 Å². The van der Waals surface area contributed by atoms with Crippen molar-refractivity contribution in [3.8, 4) is 5.75 Å². The lowest BCUT2D eigenvalue weighted by Gasteiger charge is -2.11. The highest BCUT2D eigenvalue weighted by Gasteiger charge is 2.32. The van der Waals surface area contributed by atoms with Gasteiger partial charge in [0.15, 0.2) is 0 Å². The van der Waals surface area contributed by atoms with E-state index in [1.165, 1.54) is 24.4 Å². The molecule has 1 aromatic carbocycles. The molecule has 16 heavy (non-hydrogen) atoms. The lowest BCUT2D eigenvalue weighted by atomic mass is 10.2. The molecule has 2 nitrogen and oxygen atoms in total. The minimum absolute atomic E-state index is 0.156. The third-order valence-electron chi connectivity index (χ3n) is 1.90. The van der Waals surface area contributed by atoms with Crippen LogP contribution in [0.25, 0.3) is 10.9 Å². The minimum atomic E-state index is -4.74. The van der Waals surface area contributed by atoms with E-state index in [0.717, 1.165) is 0 Å². The van der Waals surface area contributed by atoms with E-state index in [0.29, 0.717) is 5.52 Å². The Morgan fingerprint density at radius 3 is 2.62 bits per heavy atom. The van der Waals surface area contributed by atoms with Gasteiger partial charge in [-0.2, -0.15) is 0 Å². The monoisotopic (exact) mass is 247 g/mol. The van der Waals surface area contributed by atoms with E-state index in [1.807, 2.05) is 0 Å². The first kappa shape index (κ1) is 11.0. The second-order valence-corrected chi connectivity index (χ2v) is 3.40. The van der Waals surface area contributed by atoms with Crippen LogP contribution in [-0.2, 0) is 0 Å². The maximum absolute atomic E-state index is 12.1. The number of rotatable bonds is 1. The molecule has 0 spiro atoms. The summed E-state index contributed by atoms with van der Waals surface area (Å²) in [7, 11) is 0. The minimum Gasteiger partial charge on any atom is -0.405 e. The van der Waals surface area contributed by atoms with E-state index in [9.17, 15) is 13.2 Å². The normalized spacial score (nSPS) is 11.8. The molecule has 0 unspecified atom stereocenters. The summed E-state index contributed by atoms with van der Waals surface area (Å²) >= 11 is 5.80. The predicted octanol–water partition coefficient (Wildman–Crippen LogP) is 3.79. The maximum Gasteiger partial charge on any atom is 0.573 e. The van der Waals surface area contributed by atoms with E-state index >= 15 is 0 Å². The Kier molecular flexibility index (Phi) is 2.63. The van der Waals surface area contributed by atoms with Crippen LogP contribution in [-0.4, -0.2) is 11.3 Å². The first-order valence-corrected chi connectivity index (χ1v) is 4.64. The zero-order valence-corrected chi connectivity index (χ0v) is 8.51. The molecule has 1 heterocycles. The second-order valence-electron chi connectivity index (χ2n) is 2.99. The summed E-state index contributed by atoms with van der Waals surface area (Å²) in [6.07, 6.45) is -3.32. The molecule has 0 saturated heterocycles. The Morgan fingerprint density at radius 2 is 1.94 bits per heavy atom. The predicted molar refractivity (Wildman–Crippen MR) is 53.4 cm³/mol. The summed E-state index contributed by atoms with van der Waals surface area (Å²) in [4.78, 5) is 3.90. The van der Waals surface area contributed by atoms with Gasteiger partial charge in [-0.05, 0) is 18.2 Å². The fourth-order valence-electron chi connectivity index (χ4n) is 1.34. The molecule has 0 saturated carbocycles. The third-order valence-corrected chi connectivity index (χ3v) is 2.22. The molecule has 84 valence electrons. The van der Waals surface area contributed by atoms with Gasteiger partial charge in [-0.25, -0.2) is 0 Å². The highest BCUT2D eigenvalue weighted by atomic mass is 35.5. The lowest BCUT2D eigenvalue weighted by molar-refractivity contribution is -0.274. The van der Waals surface area contributed by atoms with E-state index in [1.54, 1.807) is 6.07 Å². The topological polar surface area (TPSA) is 22.1 Å². The number of pyridine rings is 1. The van der Waals surface area contributed by atoms with E-state index in [4.69, 9.17) is 11.6 Å². The molecule has 0 aliphatic carbocycles. The SMILES string of the molecule is FC(F)(F)Oc1cccc2nccc(Cl)c12. The summed E-state index contributed by atoms with van der Waals surface area (Å²) in [6, 6.07) is 5.59. The molecule has 2 aromatic rings. The van der Waals surface area contributed by atoms with Crippen molar-refractivity contribution < 1.29 is 17.9 Å². The molecule has 2 rings (SSSR count). The fourth-order valence-corrected chi connectivity index (χ4v) is 1.59. The van der Waals surface area contributed by atoms with Gasteiger partial charge in [0.25, 0.3) is 0 Å². The maximum atomic E-state index is 12.1. The number of benzene rings is 1. The molecule has 6 heteroatoms. The van der Waals surface area contributed by atoms with Gasteiger partial charge in [0.2, 0.25) is 0 Å². The Morgan fingerprint density at radius 1 is 1.19 bits per heavy atom. The van der Waals surface area contributed by atoms with E-state index in [-0.39, 0.29) is 16.2 Å². The molecular formula is C10H5ClF3NO. The van der Waals surface area contributed by atoms with Crippen molar-refractivity contribution in [2.45, 2.75) is 6.36 Å². The summed E-state index contributed by atoms with van der Waals surface area (Å²) in [5, 5.41) is 0.328. The first-order chi connectivity index (χ1) is 7.47. The Hall–Kier alpha value is -1.49. The van der Waals surface area contributed by atoms with Gasteiger partial charge in [-0.15, -0.1) is 13.2 Å². The van der Waals surface area contributed by atoms with Crippen LogP contribution in [0, 0.1) is 0 Å². The van der Waals surface area contributed by atoms with Gasteiger partial charge in [0.1, 0.15) is 5.75 Å². The van der Waals surface area contributed by atoms with Crippen LogP contribution >= 0.6 is 11.6 Å². The van der Waals surface area contributed by atoms with Gasteiger partial charge in [0, 0.05) is 6.20 Å².